The van der Waals surface area contributed by atoms with Crippen LogP contribution in [0.4, 0.5) is 15.8 Å². The quantitative estimate of drug-likeness (QED) is 0.579. The number of para-hydroxylation sites is 1. The molecule has 2 aromatic carbocycles. The first-order valence-electron chi connectivity index (χ1n) is 7.55. The number of carbonyl (C=O) groups is 2. The molecule has 2 rings (SSSR count). The number of likely N-dealkylation sites (N-methyl/N-ethyl adjacent to an activating group) is 1. The minimum Gasteiger partial charge on any atom is -0.484 e. The van der Waals surface area contributed by atoms with Crippen LogP contribution in [0.3, 0.4) is 0 Å². The number of anilines is 1. The Hall–Kier alpha value is -3.49. The van der Waals surface area contributed by atoms with Crippen LogP contribution in [0.25, 0.3) is 0 Å². The lowest BCUT2D eigenvalue weighted by Crippen LogP contribution is -2.23. The fraction of sp³-hybridized carbons (Fsp3) is 0.176. The SMILES string of the molecule is CNC(=O)Cc1ccccc1NC(=O)COc1ccc([N+](=O)[O-])c(F)c1. The van der Waals surface area contributed by atoms with Gasteiger partial charge in [-0.15, -0.1) is 0 Å². The number of carbonyl (C=O) groups excluding carboxylic acids is 2. The first-order chi connectivity index (χ1) is 12.4. The summed E-state index contributed by atoms with van der Waals surface area (Å²) in [5, 5.41) is 15.7. The molecule has 9 heteroatoms. The second kappa shape index (κ2) is 8.56. The maximum absolute atomic E-state index is 13.5. The zero-order valence-electron chi connectivity index (χ0n) is 13.8. The molecule has 136 valence electrons. The maximum atomic E-state index is 13.5. The predicted molar refractivity (Wildman–Crippen MR) is 91.4 cm³/mol. The Bertz CT molecular complexity index is 841. The number of nitrogens with zero attached hydrogens (tertiary/aromatic N) is 1. The highest BCUT2D eigenvalue weighted by atomic mass is 19.1. The third-order valence-electron chi connectivity index (χ3n) is 3.41. The summed E-state index contributed by atoms with van der Waals surface area (Å²) in [5.74, 6) is -1.79. The molecule has 0 saturated heterocycles. The van der Waals surface area contributed by atoms with Crippen molar-refractivity contribution in [2.75, 3.05) is 19.0 Å². The molecular formula is C17H16FN3O5. The van der Waals surface area contributed by atoms with Crippen molar-refractivity contribution in [2.45, 2.75) is 6.42 Å². The molecule has 2 aromatic rings. The number of ether oxygens (including phenoxy) is 1. The number of amides is 2. The largest absolute Gasteiger partial charge is 0.484 e. The van der Waals surface area contributed by atoms with Crippen LogP contribution in [0.15, 0.2) is 42.5 Å². The van der Waals surface area contributed by atoms with Gasteiger partial charge in [0.2, 0.25) is 11.7 Å². The summed E-state index contributed by atoms with van der Waals surface area (Å²) in [7, 11) is 1.51. The Morgan fingerprint density at radius 3 is 2.58 bits per heavy atom. The average Bonchev–Trinajstić information content (AvgIpc) is 2.61. The number of halogens is 1. The van der Waals surface area contributed by atoms with Gasteiger partial charge in [-0.25, -0.2) is 0 Å². The van der Waals surface area contributed by atoms with Crippen molar-refractivity contribution in [3.05, 3.63) is 64.0 Å². The molecule has 0 radical (unpaired) electrons. The first-order valence-corrected chi connectivity index (χ1v) is 7.55. The molecule has 2 amide bonds. The van der Waals surface area contributed by atoms with Crippen LogP contribution >= 0.6 is 0 Å². The lowest BCUT2D eigenvalue weighted by atomic mass is 10.1. The van der Waals surface area contributed by atoms with Crippen molar-refractivity contribution in [2.24, 2.45) is 0 Å². The van der Waals surface area contributed by atoms with E-state index >= 15 is 0 Å². The predicted octanol–water partition coefficient (Wildman–Crippen LogP) is 2.04. The Kier molecular flexibility index (Phi) is 6.20. The first kappa shape index (κ1) is 18.8. The molecule has 0 fully saturated rings. The standard InChI is InChI=1S/C17H16FN3O5/c1-19-16(22)8-11-4-2-3-5-14(11)20-17(23)10-26-12-6-7-15(21(24)25)13(18)9-12/h2-7,9H,8,10H2,1H3,(H,19,22)(H,20,23). The van der Waals surface area contributed by atoms with Gasteiger partial charge in [0, 0.05) is 24.9 Å². The summed E-state index contributed by atoms with van der Waals surface area (Å²) in [6.45, 7) is -0.425. The number of hydrogen-bond acceptors (Lipinski definition) is 5. The van der Waals surface area contributed by atoms with Gasteiger partial charge >= 0.3 is 5.69 Å². The van der Waals surface area contributed by atoms with E-state index in [1.807, 2.05) is 0 Å². The minimum absolute atomic E-state index is 0.0121. The third kappa shape index (κ3) is 5.00. The van der Waals surface area contributed by atoms with Gasteiger partial charge in [0.15, 0.2) is 6.61 Å². The van der Waals surface area contributed by atoms with Crippen LogP contribution in [0, 0.1) is 15.9 Å². The van der Waals surface area contributed by atoms with Gasteiger partial charge in [-0.3, -0.25) is 19.7 Å². The lowest BCUT2D eigenvalue weighted by Gasteiger charge is -2.11. The van der Waals surface area contributed by atoms with Crippen LogP contribution in [0.5, 0.6) is 5.75 Å². The second-order valence-electron chi connectivity index (χ2n) is 5.21. The summed E-state index contributed by atoms with van der Waals surface area (Å²) < 4.78 is 18.7. The fourth-order valence-corrected chi connectivity index (χ4v) is 2.12. The molecule has 0 aromatic heterocycles. The zero-order valence-corrected chi connectivity index (χ0v) is 13.8. The van der Waals surface area contributed by atoms with E-state index in [1.165, 1.54) is 13.1 Å². The van der Waals surface area contributed by atoms with Crippen LogP contribution < -0.4 is 15.4 Å². The normalized spacial score (nSPS) is 10.1. The molecule has 0 aliphatic heterocycles. The molecule has 8 nitrogen and oxygen atoms in total. The summed E-state index contributed by atoms with van der Waals surface area (Å²) in [6, 6.07) is 9.79. The van der Waals surface area contributed by atoms with Crippen LogP contribution in [-0.4, -0.2) is 30.4 Å². The van der Waals surface area contributed by atoms with Crippen LogP contribution in [0.1, 0.15) is 5.56 Å². The van der Waals surface area contributed by atoms with Crippen LogP contribution in [-0.2, 0) is 16.0 Å². The van der Waals surface area contributed by atoms with E-state index in [4.69, 9.17) is 4.74 Å². The molecule has 0 aliphatic rings. The van der Waals surface area contributed by atoms with E-state index in [0.717, 1.165) is 12.1 Å². The summed E-state index contributed by atoms with van der Waals surface area (Å²) in [5.41, 5.74) is 0.408. The van der Waals surface area contributed by atoms with Gasteiger partial charge in [0.25, 0.3) is 5.91 Å². The molecule has 0 unspecified atom stereocenters. The summed E-state index contributed by atoms with van der Waals surface area (Å²) in [4.78, 5) is 33.2. The topological polar surface area (TPSA) is 111 Å². The van der Waals surface area contributed by atoms with Gasteiger partial charge in [-0.05, 0) is 17.7 Å². The molecule has 2 N–H and O–H groups in total. The number of nitro benzene ring substituents is 1. The number of hydrogen-bond donors (Lipinski definition) is 2. The Labute approximate surface area is 148 Å². The number of nitrogens with one attached hydrogen (secondary N) is 2. The fourth-order valence-electron chi connectivity index (χ4n) is 2.12. The average molecular weight is 361 g/mol. The molecule has 0 spiro atoms. The number of rotatable bonds is 7. The van der Waals surface area contributed by atoms with Gasteiger partial charge < -0.3 is 15.4 Å². The molecule has 0 atom stereocenters. The third-order valence-corrected chi connectivity index (χ3v) is 3.41. The van der Waals surface area contributed by atoms with E-state index in [0.29, 0.717) is 11.3 Å². The summed E-state index contributed by atoms with van der Waals surface area (Å²) >= 11 is 0. The lowest BCUT2D eigenvalue weighted by molar-refractivity contribution is -0.387. The smallest absolute Gasteiger partial charge is 0.305 e. The van der Waals surface area contributed by atoms with Gasteiger partial charge in [0.05, 0.1) is 11.3 Å². The van der Waals surface area contributed by atoms with Crippen LogP contribution in [0.2, 0.25) is 0 Å². The van der Waals surface area contributed by atoms with Crippen molar-refractivity contribution in [1.82, 2.24) is 5.32 Å². The van der Waals surface area contributed by atoms with E-state index < -0.39 is 28.9 Å². The second-order valence-corrected chi connectivity index (χ2v) is 5.21. The Morgan fingerprint density at radius 2 is 1.92 bits per heavy atom. The van der Waals surface area contributed by atoms with Crippen molar-refractivity contribution in [3.63, 3.8) is 0 Å². The van der Waals surface area contributed by atoms with E-state index in [9.17, 15) is 24.1 Å². The molecule has 0 heterocycles. The van der Waals surface area contributed by atoms with Gasteiger partial charge in [-0.2, -0.15) is 4.39 Å². The molecular weight excluding hydrogens is 345 g/mol. The highest BCUT2D eigenvalue weighted by Gasteiger charge is 2.15. The number of benzene rings is 2. The van der Waals surface area contributed by atoms with Crippen molar-refractivity contribution in [3.8, 4) is 5.75 Å². The van der Waals surface area contributed by atoms with Gasteiger partial charge in [-0.1, -0.05) is 18.2 Å². The Morgan fingerprint density at radius 1 is 1.19 bits per heavy atom. The van der Waals surface area contributed by atoms with E-state index in [-0.39, 0.29) is 18.1 Å². The molecule has 26 heavy (non-hydrogen) atoms. The molecule has 0 saturated carbocycles. The highest BCUT2D eigenvalue weighted by molar-refractivity contribution is 5.93. The Balaban J connectivity index is 1.98. The molecule has 0 bridgehead atoms. The van der Waals surface area contributed by atoms with E-state index in [1.54, 1.807) is 24.3 Å². The van der Waals surface area contributed by atoms with E-state index in [2.05, 4.69) is 10.6 Å². The highest BCUT2D eigenvalue weighted by Crippen LogP contribution is 2.22. The van der Waals surface area contributed by atoms with Crippen molar-refractivity contribution >= 4 is 23.2 Å². The molecule has 0 aliphatic carbocycles. The zero-order chi connectivity index (χ0) is 19.1. The number of nitro groups is 1. The summed E-state index contributed by atoms with van der Waals surface area (Å²) in [6.07, 6.45) is 0.0986. The monoisotopic (exact) mass is 361 g/mol. The minimum atomic E-state index is -1.05. The van der Waals surface area contributed by atoms with Crippen molar-refractivity contribution in [1.29, 1.82) is 0 Å². The van der Waals surface area contributed by atoms with Gasteiger partial charge in [0.1, 0.15) is 5.75 Å². The maximum Gasteiger partial charge on any atom is 0.305 e. The van der Waals surface area contributed by atoms with Crippen molar-refractivity contribution < 1.29 is 23.6 Å².